The maximum atomic E-state index is 10.7. The van der Waals surface area contributed by atoms with Crippen LogP contribution in [0.3, 0.4) is 0 Å². The predicted octanol–water partition coefficient (Wildman–Crippen LogP) is 4.32. The van der Waals surface area contributed by atoms with Crippen molar-refractivity contribution < 1.29 is 4.92 Å². The first kappa shape index (κ1) is 15.0. The molecule has 0 saturated carbocycles. The Morgan fingerprint density at radius 2 is 1.94 bits per heavy atom. The Morgan fingerprint density at radius 3 is 2.56 bits per heavy atom. The zero-order valence-corrected chi connectivity index (χ0v) is 11.7. The first-order valence-corrected chi connectivity index (χ1v) is 7.57. The monoisotopic (exact) mass is 267 g/mol. The molecule has 1 aromatic carbocycles. The van der Waals surface area contributed by atoms with E-state index in [1.54, 1.807) is 11.8 Å². The van der Waals surface area contributed by atoms with Gasteiger partial charge in [0.05, 0.1) is 5.25 Å². The third-order valence-electron chi connectivity index (χ3n) is 2.80. The Balaban J connectivity index is 2.44. The van der Waals surface area contributed by atoms with Gasteiger partial charge in [0.25, 0.3) is 0 Å². The second-order valence-electron chi connectivity index (χ2n) is 4.35. The Labute approximate surface area is 113 Å². The maximum absolute atomic E-state index is 10.7. The molecule has 1 unspecified atom stereocenters. The third-order valence-corrected chi connectivity index (χ3v) is 4.15. The van der Waals surface area contributed by atoms with Crippen LogP contribution in [-0.2, 0) is 0 Å². The summed E-state index contributed by atoms with van der Waals surface area (Å²) in [6.07, 6.45) is 4.86. The van der Waals surface area contributed by atoms with Gasteiger partial charge >= 0.3 is 0 Å². The quantitative estimate of drug-likeness (QED) is 0.380. The molecule has 0 aromatic heterocycles. The van der Waals surface area contributed by atoms with Crippen molar-refractivity contribution in [2.45, 2.75) is 37.9 Å². The molecule has 0 saturated heterocycles. The van der Waals surface area contributed by atoms with Gasteiger partial charge in [-0.3, -0.25) is 10.1 Å². The Morgan fingerprint density at radius 1 is 1.22 bits per heavy atom. The van der Waals surface area contributed by atoms with Crippen LogP contribution in [0.15, 0.2) is 30.3 Å². The highest BCUT2D eigenvalue weighted by Crippen LogP contribution is 2.29. The maximum Gasteiger partial charge on any atom is 0.219 e. The van der Waals surface area contributed by atoms with Crippen molar-refractivity contribution in [3.63, 3.8) is 0 Å². The van der Waals surface area contributed by atoms with E-state index in [0.29, 0.717) is 0 Å². The number of benzene rings is 1. The lowest BCUT2D eigenvalue weighted by molar-refractivity contribution is -0.479. The summed E-state index contributed by atoms with van der Waals surface area (Å²) >= 11 is 1.71. The van der Waals surface area contributed by atoms with E-state index in [9.17, 15) is 10.1 Å². The minimum absolute atomic E-state index is 0.0113. The molecule has 0 aliphatic heterocycles. The van der Waals surface area contributed by atoms with Crippen molar-refractivity contribution in [1.29, 1.82) is 0 Å². The summed E-state index contributed by atoms with van der Waals surface area (Å²) in [5.74, 6) is 1.01. The lowest BCUT2D eigenvalue weighted by atomic mass is 10.1. The zero-order valence-electron chi connectivity index (χ0n) is 10.9. The molecule has 1 rings (SSSR count). The number of thioether (sulfide) groups is 1. The summed E-state index contributed by atoms with van der Waals surface area (Å²) in [5.41, 5.74) is 1.06. The van der Waals surface area contributed by atoms with E-state index in [4.69, 9.17) is 0 Å². The lowest BCUT2D eigenvalue weighted by Crippen LogP contribution is -2.10. The predicted molar refractivity (Wildman–Crippen MR) is 77.6 cm³/mol. The van der Waals surface area contributed by atoms with Crippen molar-refractivity contribution in [2.75, 3.05) is 12.3 Å². The van der Waals surface area contributed by atoms with Crippen molar-refractivity contribution >= 4 is 11.8 Å². The van der Waals surface area contributed by atoms with Crippen molar-refractivity contribution in [3.8, 4) is 0 Å². The molecule has 0 bridgehead atoms. The van der Waals surface area contributed by atoms with Crippen LogP contribution in [0.1, 0.15) is 43.4 Å². The molecule has 0 radical (unpaired) electrons. The Hall–Kier alpha value is -1.03. The molecule has 0 spiro atoms. The number of hydrogen-bond donors (Lipinski definition) is 0. The largest absolute Gasteiger partial charge is 0.264 e. The van der Waals surface area contributed by atoms with Gasteiger partial charge in [0.1, 0.15) is 0 Å². The number of rotatable bonds is 9. The standard InChI is InChI=1S/C14H21NO2S/c1-2-3-4-8-11-18-14(12-15(16)17)13-9-6-5-7-10-13/h5-7,9-10,14H,2-4,8,11-12H2,1H3. The molecule has 100 valence electrons. The van der Waals surface area contributed by atoms with Crippen molar-refractivity contribution in [1.82, 2.24) is 0 Å². The van der Waals surface area contributed by atoms with Crippen LogP contribution in [0.2, 0.25) is 0 Å². The van der Waals surface area contributed by atoms with Crippen LogP contribution in [0, 0.1) is 10.1 Å². The molecule has 3 nitrogen and oxygen atoms in total. The van der Waals surface area contributed by atoms with E-state index >= 15 is 0 Å². The first-order chi connectivity index (χ1) is 8.74. The lowest BCUT2D eigenvalue weighted by Gasteiger charge is -2.12. The summed E-state index contributed by atoms with van der Waals surface area (Å²) < 4.78 is 0. The molecule has 0 aliphatic carbocycles. The van der Waals surface area contributed by atoms with Gasteiger partial charge in [-0.1, -0.05) is 56.5 Å². The fraction of sp³-hybridized carbons (Fsp3) is 0.571. The van der Waals surface area contributed by atoms with Gasteiger partial charge < -0.3 is 0 Å². The van der Waals surface area contributed by atoms with E-state index in [1.807, 2.05) is 30.3 Å². The van der Waals surface area contributed by atoms with Crippen LogP contribution in [0.25, 0.3) is 0 Å². The van der Waals surface area contributed by atoms with Gasteiger partial charge in [-0.15, -0.1) is 11.8 Å². The van der Waals surface area contributed by atoms with E-state index in [1.165, 1.54) is 19.3 Å². The van der Waals surface area contributed by atoms with Gasteiger partial charge in [0.15, 0.2) is 0 Å². The summed E-state index contributed by atoms with van der Waals surface area (Å²) in [5, 5.41) is 10.7. The van der Waals surface area contributed by atoms with Crippen molar-refractivity contribution in [2.24, 2.45) is 0 Å². The highest BCUT2D eigenvalue weighted by Gasteiger charge is 2.17. The third kappa shape index (κ3) is 6.05. The summed E-state index contributed by atoms with van der Waals surface area (Å²) in [7, 11) is 0. The first-order valence-electron chi connectivity index (χ1n) is 6.52. The highest BCUT2D eigenvalue weighted by molar-refractivity contribution is 7.99. The second kappa shape index (κ2) is 8.97. The molecular formula is C14H21NO2S. The molecule has 1 aromatic rings. The van der Waals surface area contributed by atoms with E-state index in [-0.39, 0.29) is 16.7 Å². The normalized spacial score (nSPS) is 12.3. The van der Waals surface area contributed by atoms with Gasteiger partial charge in [-0.25, -0.2) is 0 Å². The van der Waals surface area contributed by atoms with Crippen LogP contribution < -0.4 is 0 Å². The average Bonchev–Trinajstić information content (AvgIpc) is 2.38. The number of hydrogen-bond acceptors (Lipinski definition) is 3. The summed E-state index contributed by atoms with van der Waals surface area (Å²) in [4.78, 5) is 10.5. The smallest absolute Gasteiger partial charge is 0.219 e. The van der Waals surface area contributed by atoms with Crippen LogP contribution in [-0.4, -0.2) is 17.2 Å². The van der Waals surface area contributed by atoms with Gasteiger partial charge in [-0.2, -0.15) is 0 Å². The van der Waals surface area contributed by atoms with Crippen LogP contribution >= 0.6 is 11.8 Å². The van der Waals surface area contributed by atoms with Gasteiger partial charge in [0, 0.05) is 4.92 Å². The Bertz CT molecular complexity index is 343. The van der Waals surface area contributed by atoms with E-state index in [0.717, 1.165) is 17.7 Å². The molecule has 0 heterocycles. The molecule has 0 fully saturated rings. The number of nitro groups is 1. The van der Waals surface area contributed by atoms with E-state index < -0.39 is 0 Å². The average molecular weight is 267 g/mol. The SMILES string of the molecule is CCCCCCSC(C[N+](=O)[O-])c1ccccc1. The molecule has 1 atom stereocenters. The molecule has 4 heteroatoms. The van der Waals surface area contributed by atoms with Gasteiger partial charge in [0.2, 0.25) is 6.54 Å². The van der Waals surface area contributed by atoms with Crippen LogP contribution in [0.4, 0.5) is 0 Å². The van der Waals surface area contributed by atoms with Gasteiger partial charge in [-0.05, 0) is 17.7 Å². The summed E-state index contributed by atoms with van der Waals surface area (Å²) in [6, 6.07) is 9.79. The number of unbranched alkanes of at least 4 members (excludes halogenated alkanes) is 3. The topological polar surface area (TPSA) is 43.1 Å². The molecular weight excluding hydrogens is 246 g/mol. The second-order valence-corrected chi connectivity index (χ2v) is 5.66. The molecule has 18 heavy (non-hydrogen) atoms. The fourth-order valence-electron chi connectivity index (χ4n) is 1.81. The van der Waals surface area contributed by atoms with E-state index in [2.05, 4.69) is 6.92 Å². The fourth-order valence-corrected chi connectivity index (χ4v) is 3.04. The molecule has 0 aliphatic rings. The zero-order chi connectivity index (χ0) is 13.2. The van der Waals surface area contributed by atoms with Crippen molar-refractivity contribution in [3.05, 3.63) is 46.0 Å². The summed E-state index contributed by atoms with van der Waals surface area (Å²) in [6.45, 7) is 2.20. The van der Waals surface area contributed by atoms with Crippen LogP contribution in [0.5, 0.6) is 0 Å². The molecule has 0 amide bonds. The minimum atomic E-state index is -0.212. The minimum Gasteiger partial charge on any atom is -0.264 e. The molecule has 0 N–H and O–H groups in total. The Kier molecular flexibility index (Phi) is 7.49. The number of nitrogens with zero attached hydrogens (tertiary/aromatic N) is 1. The highest BCUT2D eigenvalue weighted by atomic mass is 32.2.